The molecule has 1 rings (SSSR count). The molecule has 0 aliphatic carbocycles. The lowest BCUT2D eigenvalue weighted by molar-refractivity contribution is -0.126. The molecule has 1 aromatic carbocycles. The molecule has 2 atom stereocenters. The van der Waals surface area contributed by atoms with E-state index >= 15 is 0 Å². The average molecular weight is 413 g/mol. The molecule has 0 aliphatic heterocycles. The number of ether oxygens (including phenoxy) is 2. The number of esters is 1. The predicted octanol–water partition coefficient (Wildman–Crippen LogP) is 3.93. The molecule has 0 bridgehead atoms. The molecule has 0 saturated heterocycles. The third-order valence-electron chi connectivity index (χ3n) is 3.64. The first-order valence-electron chi connectivity index (χ1n) is 8.36. The molecule has 0 spiro atoms. The van der Waals surface area contributed by atoms with Gasteiger partial charge in [-0.3, -0.25) is 9.59 Å². The third kappa shape index (κ3) is 8.62. The minimum atomic E-state index is -1.08. The van der Waals surface area contributed by atoms with Crippen LogP contribution < -0.4 is 0 Å². The molecule has 0 heterocycles. The second-order valence-electron chi connectivity index (χ2n) is 6.51. The smallest absolute Gasteiger partial charge is 0.370 e. The van der Waals surface area contributed by atoms with E-state index in [4.69, 9.17) is 9.47 Å². The molecule has 1 aromatic rings. The number of thiol groups is 1. The number of thioether (sulfide) groups is 1. The minimum Gasteiger partial charge on any atom is -0.422 e. The molecule has 27 heavy (non-hydrogen) atoms. The van der Waals surface area contributed by atoms with Crippen LogP contribution in [0.1, 0.15) is 44.5 Å². The Balaban J connectivity index is 2.49. The van der Waals surface area contributed by atoms with Gasteiger partial charge < -0.3 is 9.47 Å². The lowest BCUT2D eigenvalue weighted by Gasteiger charge is -2.19. The van der Waals surface area contributed by atoms with E-state index in [0.717, 1.165) is 11.8 Å². The molecule has 8 heteroatoms. The summed E-state index contributed by atoms with van der Waals surface area (Å²) < 4.78 is 9.21. The first-order chi connectivity index (χ1) is 12.5. The molecule has 0 aromatic heterocycles. The molecule has 148 valence electrons. The zero-order valence-electron chi connectivity index (χ0n) is 15.8. The van der Waals surface area contributed by atoms with Gasteiger partial charge in [-0.2, -0.15) is 12.6 Å². The molecule has 0 N–H and O–H groups in total. The Morgan fingerprint density at radius 2 is 1.70 bits per heavy atom. The summed E-state index contributed by atoms with van der Waals surface area (Å²) in [4.78, 5) is 47.6. The molecule has 0 saturated carbocycles. The Morgan fingerprint density at radius 3 is 2.22 bits per heavy atom. The Kier molecular flexibility index (Phi) is 9.05. The van der Waals surface area contributed by atoms with Crippen LogP contribution in [0.15, 0.2) is 30.3 Å². The first kappa shape index (κ1) is 23.2. The van der Waals surface area contributed by atoms with Gasteiger partial charge in [0.05, 0.1) is 10.3 Å². The van der Waals surface area contributed by atoms with Crippen molar-refractivity contribution in [2.24, 2.45) is 5.92 Å². The van der Waals surface area contributed by atoms with Gasteiger partial charge in [0.2, 0.25) is 6.29 Å². The summed E-state index contributed by atoms with van der Waals surface area (Å²) in [5.74, 6) is -1.48. The topological polar surface area (TPSA) is 86.7 Å². The first-order valence-corrected chi connectivity index (χ1v) is 9.79. The number of hydrogen-bond donors (Lipinski definition) is 1. The van der Waals surface area contributed by atoms with Crippen LogP contribution in [-0.4, -0.2) is 39.6 Å². The van der Waals surface area contributed by atoms with Gasteiger partial charge in [0.25, 0.3) is 0 Å². The van der Waals surface area contributed by atoms with Crippen molar-refractivity contribution >= 4 is 47.2 Å². The van der Waals surface area contributed by atoms with Crippen LogP contribution in [0.4, 0.5) is 4.79 Å². The monoisotopic (exact) mass is 412 g/mol. The minimum absolute atomic E-state index is 0.00462. The van der Waals surface area contributed by atoms with Gasteiger partial charge in [0, 0.05) is 25.0 Å². The van der Waals surface area contributed by atoms with E-state index in [1.165, 1.54) is 13.8 Å². The second kappa shape index (κ2) is 10.5. The standard InChI is InChI=1S/C19H24O6S2/c1-12(20)15(10-16(21)19(3,4)26)11-27-18(23)25-13(2)24-17(22)14-8-6-5-7-9-14/h5-9,13,15,26H,10-11H2,1-4H3/t13-,15+/m1/s1. The average Bonchev–Trinajstić information content (AvgIpc) is 2.57. The van der Waals surface area contributed by atoms with Crippen LogP contribution in [-0.2, 0) is 19.1 Å². The predicted molar refractivity (Wildman–Crippen MR) is 107 cm³/mol. The lowest BCUT2D eigenvalue weighted by atomic mass is 9.94. The van der Waals surface area contributed by atoms with Crippen LogP contribution in [0.3, 0.4) is 0 Å². The Hall–Kier alpha value is -1.80. The Labute approximate surface area is 168 Å². The maximum atomic E-state index is 12.0. The van der Waals surface area contributed by atoms with E-state index in [0.29, 0.717) is 5.56 Å². The normalized spacial score (nSPS) is 13.4. The fraction of sp³-hybridized carbons (Fsp3) is 0.474. The molecular formula is C19H24O6S2. The van der Waals surface area contributed by atoms with E-state index in [9.17, 15) is 19.2 Å². The van der Waals surface area contributed by atoms with E-state index in [1.807, 2.05) is 0 Å². The summed E-state index contributed by atoms with van der Waals surface area (Å²) in [5.41, 5.74) is 0.345. The van der Waals surface area contributed by atoms with E-state index < -0.39 is 28.2 Å². The van der Waals surface area contributed by atoms with Gasteiger partial charge in [0.15, 0.2) is 0 Å². The van der Waals surface area contributed by atoms with Gasteiger partial charge in [-0.15, -0.1) is 0 Å². The number of Topliss-reactive ketones (excluding diaryl/α,β-unsaturated/α-hetero) is 2. The summed E-state index contributed by atoms with van der Waals surface area (Å²) in [7, 11) is 0. The van der Waals surface area contributed by atoms with Gasteiger partial charge in [-0.05, 0) is 44.7 Å². The van der Waals surface area contributed by atoms with Crippen molar-refractivity contribution in [3.8, 4) is 0 Å². The highest BCUT2D eigenvalue weighted by Crippen LogP contribution is 2.23. The van der Waals surface area contributed by atoms with E-state index in [1.54, 1.807) is 44.2 Å². The molecule has 0 fully saturated rings. The van der Waals surface area contributed by atoms with Crippen molar-refractivity contribution < 1.29 is 28.7 Å². The van der Waals surface area contributed by atoms with Gasteiger partial charge in [0.1, 0.15) is 11.6 Å². The Morgan fingerprint density at radius 1 is 1.11 bits per heavy atom. The van der Waals surface area contributed by atoms with Crippen molar-refractivity contribution in [2.75, 3.05) is 5.75 Å². The maximum absolute atomic E-state index is 12.0. The highest BCUT2D eigenvalue weighted by Gasteiger charge is 2.28. The van der Waals surface area contributed by atoms with Crippen LogP contribution in [0.2, 0.25) is 0 Å². The highest BCUT2D eigenvalue weighted by atomic mass is 32.2. The number of hydrogen-bond acceptors (Lipinski definition) is 8. The molecule has 0 unspecified atom stereocenters. The number of benzene rings is 1. The quantitative estimate of drug-likeness (QED) is 0.373. The fourth-order valence-corrected chi connectivity index (χ4v) is 2.93. The number of carbonyl (C=O) groups excluding carboxylic acids is 4. The van der Waals surface area contributed by atoms with Crippen LogP contribution in [0.25, 0.3) is 0 Å². The number of ketones is 2. The van der Waals surface area contributed by atoms with Crippen LogP contribution in [0, 0.1) is 5.92 Å². The number of carbonyl (C=O) groups is 4. The summed E-state index contributed by atoms with van der Waals surface area (Å²) in [5, 5.41) is -0.688. The van der Waals surface area contributed by atoms with Crippen molar-refractivity contribution in [2.45, 2.75) is 45.2 Å². The van der Waals surface area contributed by atoms with Crippen molar-refractivity contribution in [1.29, 1.82) is 0 Å². The molecule has 0 radical (unpaired) electrons. The highest BCUT2D eigenvalue weighted by molar-refractivity contribution is 8.13. The van der Waals surface area contributed by atoms with Gasteiger partial charge in [-0.25, -0.2) is 9.59 Å². The van der Waals surface area contributed by atoms with Crippen molar-refractivity contribution in [3.05, 3.63) is 35.9 Å². The van der Waals surface area contributed by atoms with Crippen LogP contribution in [0.5, 0.6) is 0 Å². The zero-order valence-corrected chi connectivity index (χ0v) is 17.5. The molecule has 0 aliphatic rings. The van der Waals surface area contributed by atoms with Crippen molar-refractivity contribution in [1.82, 2.24) is 0 Å². The zero-order chi connectivity index (χ0) is 20.6. The maximum Gasteiger partial charge on any atom is 0.370 e. The van der Waals surface area contributed by atoms with Crippen molar-refractivity contribution in [3.63, 3.8) is 0 Å². The molecule has 6 nitrogen and oxygen atoms in total. The van der Waals surface area contributed by atoms with Crippen LogP contribution >= 0.6 is 24.4 Å². The molecule has 0 amide bonds. The van der Waals surface area contributed by atoms with Gasteiger partial charge in [-0.1, -0.05) is 18.2 Å². The summed E-state index contributed by atoms with van der Waals surface area (Å²) in [6.07, 6.45) is -1.07. The fourth-order valence-electron chi connectivity index (χ4n) is 1.95. The second-order valence-corrected chi connectivity index (χ2v) is 8.59. The summed E-state index contributed by atoms with van der Waals surface area (Å²) >= 11 is 4.97. The summed E-state index contributed by atoms with van der Waals surface area (Å²) in [6, 6.07) is 8.32. The third-order valence-corrected chi connectivity index (χ3v) is 4.79. The lowest BCUT2D eigenvalue weighted by Crippen LogP contribution is -2.30. The summed E-state index contributed by atoms with van der Waals surface area (Å²) in [6.45, 7) is 6.11. The van der Waals surface area contributed by atoms with E-state index in [2.05, 4.69) is 12.6 Å². The largest absolute Gasteiger partial charge is 0.422 e. The Bertz CT molecular complexity index is 681. The SMILES string of the molecule is CC(=O)[C@H](CSC(=O)O[C@H](C)OC(=O)c1ccccc1)CC(=O)C(C)(C)S. The van der Waals surface area contributed by atoms with Gasteiger partial charge >= 0.3 is 11.3 Å². The number of rotatable bonds is 9. The molecular weight excluding hydrogens is 388 g/mol. The van der Waals surface area contributed by atoms with E-state index in [-0.39, 0.29) is 23.7 Å².